The van der Waals surface area contributed by atoms with Crippen molar-refractivity contribution < 1.29 is 0 Å². The van der Waals surface area contributed by atoms with Gasteiger partial charge in [0.2, 0.25) is 5.82 Å². The molecule has 7 nitrogen and oxygen atoms in total. The van der Waals surface area contributed by atoms with Gasteiger partial charge in [0.05, 0.1) is 5.69 Å². The van der Waals surface area contributed by atoms with Gasteiger partial charge in [0.15, 0.2) is 11.6 Å². The summed E-state index contributed by atoms with van der Waals surface area (Å²) in [6.45, 7) is 1.98. The van der Waals surface area contributed by atoms with Crippen molar-refractivity contribution in [3.05, 3.63) is 60.7 Å². The maximum absolute atomic E-state index is 4.66. The summed E-state index contributed by atoms with van der Waals surface area (Å²) in [6.07, 6.45) is 4.98. The molecule has 1 aromatic carbocycles. The Kier molecular flexibility index (Phi) is 3.16. The van der Waals surface area contributed by atoms with Crippen molar-refractivity contribution in [2.75, 3.05) is 0 Å². The third-order valence-corrected chi connectivity index (χ3v) is 3.48. The Morgan fingerprint density at radius 3 is 2.70 bits per heavy atom. The molecule has 4 aromatic rings. The molecule has 23 heavy (non-hydrogen) atoms. The molecular weight excluding hydrogens is 290 g/mol. The Labute approximate surface area is 132 Å². The molecule has 4 rings (SSSR count). The lowest BCUT2D eigenvalue weighted by Gasteiger charge is -2.06. The highest BCUT2D eigenvalue weighted by molar-refractivity contribution is 5.60. The molecule has 0 radical (unpaired) electrons. The van der Waals surface area contributed by atoms with Gasteiger partial charge in [-0.3, -0.25) is 10.1 Å². The van der Waals surface area contributed by atoms with Crippen molar-refractivity contribution in [1.82, 2.24) is 34.9 Å². The van der Waals surface area contributed by atoms with Gasteiger partial charge in [-0.05, 0) is 18.6 Å². The van der Waals surface area contributed by atoms with E-state index in [0.717, 1.165) is 16.8 Å². The number of H-pyrrole nitrogens is 1. The average Bonchev–Trinajstić information content (AvgIpc) is 3.25. The van der Waals surface area contributed by atoms with Crippen LogP contribution in [-0.2, 0) is 0 Å². The first-order valence-corrected chi connectivity index (χ1v) is 7.12. The average molecular weight is 303 g/mol. The minimum absolute atomic E-state index is 0.566. The van der Waals surface area contributed by atoms with Gasteiger partial charge in [-0.2, -0.15) is 5.10 Å². The van der Waals surface area contributed by atoms with Crippen LogP contribution in [0, 0.1) is 6.92 Å². The van der Waals surface area contributed by atoms with Crippen LogP contribution >= 0.6 is 0 Å². The third kappa shape index (κ3) is 2.38. The monoisotopic (exact) mass is 303 g/mol. The molecule has 0 saturated heterocycles. The number of aryl methyl sites for hydroxylation is 1. The zero-order valence-corrected chi connectivity index (χ0v) is 12.4. The van der Waals surface area contributed by atoms with E-state index in [1.165, 1.54) is 6.33 Å². The van der Waals surface area contributed by atoms with Crippen molar-refractivity contribution in [2.45, 2.75) is 6.92 Å². The van der Waals surface area contributed by atoms with E-state index < -0.39 is 0 Å². The van der Waals surface area contributed by atoms with Gasteiger partial charge in [-0.15, -0.1) is 5.10 Å². The molecule has 0 unspecified atom stereocenters. The van der Waals surface area contributed by atoms with E-state index in [0.29, 0.717) is 17.5 Å². The molecule has 3 heterocycles. The smallest absolute Gasteiger partial charge is 0.201 e. The van der Waals surface area contributed by atoms with Crippen LogP contribution in [0.5, 0.6) is 0 Å². The molecule has 0 aliphatic rings. The van der Waals surface area contributed by atoms with E-state index in [1.54, 1.807) is 17.1 Å². The lowest BCUT2D eigenvalue weighted by molar-refractivity contribution is 0.869. The predicted molar refractivity (Wildman–Crippen MR) is 84.7 cm³/mol. The second-order valence-corrected chi connectivity index (χ2v) is 5.03. The van der Waals surface area contributed by atoms with Gasteiger partial charge in [-0.25, -0.2) is 14.6 Å². The van der Waals surface area contributed by atoms with E-state index in [-0.39, 0.29) is 0 Å². The molecule has 0 fully saturated rings. The molecule has 0 bridgehead atoms. The number of pyridine rings is 1. The van der Waals surface area contributed by atoms with Crippen molar-refractivity contribution in [3.8, 4) is 28.7 Å². The summed E-state index contributed by atoms with van der Waals surface area (Å²) in [7, 11) is 0. The van der Waals surface area contributed by atoms with Gasteiger partial charge >= 0.3 is 0 Å². The lowest BCUT2D eigenvalue weighted by Crippen LogP contribution is -2.03. The van der Waals surface area contributed by atoms with E-state index in [2.05, 4.69) is 30.2 Å². The van der Waals surface area contributed by atoms with E-state index >= 15 is 0 Å². The second kappa shape index (κ2) is 5.45. The van der Waals surface area contributed by atoms with Crippen LogP contribution in [0.3, 0.4) is 0 Å². The molecule has 0 spiro atoms. The van der Waals surface area contributed by atoms with Crippen LogP contribution in [0.2, 0.25) is 0 Å². The summed E-state index contributed by atoms with van der Waals surface area (Å²) in [5.41, 5.74) is 2.84. The van der Waals surface area contributed by atoms with E-state index in [9.17, 15) is 0 Å². The Balaban J connectivity index is 1.94. The number of hydrogen-bond donors (Lipinski definition) is 1. The molecule has 0 aliphatic carbocycles. The van der Waals surface area contributed by atoms with Crippen LogP contribution in [0.25, 0.3) is 28.7 Å². The van der Waals surface area contributed by atoms with Gasteiger partial charge in [0.25, 0.3) is 0 Å². The van der Waals surface area contributed by atoms with Crippen LogP contribution in [0.4, 0.5) is 0 Å². The minimum Gasteiger partial charge on any atom is -0.264 e. The van der Waals surface area contributed by atoms with E-state index in [1.807, 2.05) is 43.3 Å². The standard InChI is InChI=1S/C16H13N7/c1-11-9-17-8-7-13(11)23-16(15-18-10-19-21-15)20-14(22-23)12-5-3-2-4-6-12/h2-10H,1H3,(H,18,19,21). The molecule has 0 aliphatic heterocycles. The fourth-order valence-electron chi connectivity index (χ4n) is 2.36. The Morgan fingerprint density at radius 1 is 1.09 bits per heavy atom. The predicted octanol–water partition coefficient (Wildman–Crippen LogP) is 2.42. The molecule has 1 N–H and O–H groups in total. The van der Waals surface area contributed by atoms with Crippen LogP contribution in [-0.4, -0.2) is 34.9 Å². The molecule has 112 valence electrons. The molecule has 0 atom stereocenters. The highest BCUT2D eigenvalue weighted by atomic mass is 15.4. The van der Waals surface area contributed by atoms with Crippen molar-refractivity contribution in [3.63, 3.8) is 0 Å². The van der Waals surface area contributed by atoms with Crippen LogP contribution < -0.4 is 0 Å². The number of aromatic nitrogens is 7. The van der Waals surface area contributed by atoms with Crippen molar-refractivity contribution in [2.24, 2.45) is 0 Å². The normalized spacial score (nSPS) is 10.8. The lowest BCUT2D eigenvalue weighted by atomic mass is 10.2. The first kappa shape index (κ1) is 13.3. The second-order valence-electron chi connectivity index (χ2n) is 5.03. The first-order chi connectivity index (χ1) is 11.3. The Morgan fingerprint density at radius 2 is 1.96 bits per heavy atom. The zero-order chi connectivity index (χ0) is 15.6. The van der Waals surface area contributed by atoms with E-state index in [4.69, 9.17) is 0 Å². The minimum atomic E-state index is 0.566. The Hall–Kier alpha value is -3.35. The number of hydrogen-bond acceptors (Lipinski definition) is 5. The first-order valence-electron chi connectivity index (χ1n) is 7.12. The summed E-state index contributed by atoms with van der Waals surface area (Å²) in [4.78, 5) is 13.0. The highest BCUT2D eigenvalue weighted by Crippen LogP contribution is 2.23. The van der Waals surface area contributed by atoms with Crippen LogP contribution in [0.1, 0.15) is 5.56 Å². The molecular formula is C16H13N7. The number of benzene rings is 1. The zero-order valence-electron chi connectivity index (χ0n) is 12.4. The third-order valence-electron chi connectivity index (χ3n) is 3.48. The Bertz CT molecular complexity index is 926. The summed E-state index contributed by atoms with van der Waals surface area (Å²) in [5, 5.41) is 11.4. The number of nitrogens with zero attached hydrogens (tertiary/aromatic N) is 6. The highest BCUT2D eigenvalue weighted by Gasteiger charge is 2.17. The summed E-state index contributed by atoms with van der Waals surface area (Å²) < 4.78 is 1.76. The van der Waals surface area contributed by atoms with Gasteiger partial charge in [-0.1, -0.05) is 30.3 Å². The summed E-state index contributed by atoms with van der Waals surface area (Å²) >= 11 is 0. The molecule has 7 heteroatoms. The van der Waals surface area contributed by atoms with Crippen LogP contribution in [0.15, 0.2) is 55.1 Å². The summed E-state index contributed by atoms with van der Waals surface area (Å²) in [5.74, 6) is 1.81. The van der Waals surface area contributed by atoms with Gasteiger partial charge < -0.3 is 0 Å². The topological polar surface area (TPSA) is 85.2 Å². The largest absolute Gasteiger partial charge is 0.264 e. The number of nitrogens with one attached hydrogen (secondary N) is 1. The van der Waals surface area contributed by atoms with Crippen molar-refractivity contribution >= 4 is 0 Å². The molecule has 3 aromatic heterocycles. The summed E-state index contributed by atoms with van der Waals surface area (Å²) in [6, 6.07) is 11.7. The fraction of sp³-hybridized carbons (Fsp3) is 0.0625. The fourth-order valence-corrected chi connectivity index (χ4v) is 2.36. The SMILES string of the molecule is Cc1cnccc1-n1nc(-c2ccccc2)nc1-c1ncn[nH]1. The number of rotatable bonds is 3. The van der Waals surface area contributed by atoms with Gasteiger partial charge in [0.1, 0.15) is 6.33 Å². The maximum atomic E-state index is 4.66. The molecule has 0 amide bonds. The van der Waals surface area contributed by atoms with Gasteiger partial charge in [0, 0.05) is 18.0 Å². The number of aromatic amines is 1. The van der Waals surface area contributed by atoms with Crippen molar-refractivity contribution in [1.29, 1.82) is 0 Å². The quantitative estimate of drug-likeness (QED) is 0.628. The molecule has 0 saturated carbocycles. The maximum Gasteiger partial charge on any atom is 0.201 e.